The van der Waals surface area contributed by atoms with Gasteiger partial charge in [0.15, 0.2) is 0 Å². The Hall–Kier alpha value is -2.92. The summed E-state index contributed by atoms with van der Waals surface area (Å²) in [6.45, 7) is 2.16. The molecule has 0 fully saturated rings. The lowest BCUT2D eigenvalue weighted by molar-refractivity contribution is -0.153. The van der Waals surface area contributed by atoms with E-state index in [0.29, 0.717) is 0 Å². The molecule has 3 aromatic rings. The van der Waals surface area contributed by atoms with Crippen LogP contribution in [-0.4, -0.2) is 22.2 Å². The third kappa shape index (κ3) is 5.57. The minimum Gasteiger partial charge on any atom is -0.481 e. The number of benzene rings is 2. The van der Waals surface area contributed by atoms with Crippen LogP contribution in [0, 0.1) is 11.8 Å². The molecule has 0 unspecified atom stereocenters. The molecule has 0 aliphatic carbocycles. The first-order valence-corrected chi connectivity index (χ1v) is 11.0. The van der Waals surface area contributed by atoms with E-state index in [-0.39, 0.29) is 12.8 Å². The first kappa shape index (κ1) is 21.8. The zero-order chi connectivity index (χ0) is 21.5. The Morgan fingerprint density at radius 1 is 0.800 bits per heavy atom. The van der Waals surface area contributed by atoms with Gasteiger partial charge in [0.05, 0.1) is 11.8 Å². The van der Waals surface area contributed by atoms with Crippen molar-refractivity contribution in [1.29, 1.82) is 0 Å². The maximum Gasteiger partial charge on any atom is 0.307 e. The van der Waals surface area contributed by atoms with Gasteiger partial charge >= 0.3 is 11.9 Å². The van der Waals surface area contributed by atoms with Gasteiger partial charge in [0.2, 0.25) is 0 Å². The lowest BCUT2D eigenvalue weighted by Crippen LogP contribution is -2.33. The van der Waals surface area contributed by atoms with Crippen LogP contribution in [0.3, 0.4) is 0 Å². The lowest BCUT2D eigenvalue weighted by Gasteiger charge is -2.21. The average Bonchev–Trinajstić information content (AvgIpc) is 3.20. The van der Waals surface area contributed by atoms with Gasteiger partial charge in [-0.3, -0.25) is 9.59 Å². The van der Waals surface area contributed by atoms with Gasteiger partial charge in [-0.15, -0.1) is 11.3 Å². The highest BCUT2D eigenvalue weighted by molar-refractivity contribution is 7.15. The summed E-state index contributed by atoms with van der Waals surface area (Å²) < 4.78 is 0. The largest absolute Gasteiger partial charge is 0.481 e. The van der Waals surface area contributed by atoms with Crippen LogP contribution in [0.1, 0.15) is 29.3 Å². The third-order valence-electron chi connectivity index (χ3n) is 5.27. The quantitative estimate of drug-likeness (QED) is 0.449. The summed E-state index contributed by atoms with van der Waals surface area (Å²) >= 11 is 1.77. The van der Waals surface area contributed by atoms with Crippen molar-refractivity contribution in [1.82, 2.24) is 0 Å². The predicted octanol–water partition coefficient (Wildman–Crippen LogP) is 5.55. The number of rotatable bonds is 10. The van der Waals surface area contributed by atoms with Gasteiger partial charge in [0.1, 0.15) is 0 Å². The first-order chi connectivity index (χ1) is 14.5. The van der Waals surface area contributed by atoms with E-state index in [1.54, 1.807) is 11.3 Å². The van der Waals surface area contributed by atoms with Crippen LogP contribution >= 0.6 is 11.3 Å². The summed E-state index contributed by atoms with van der Waals surface area (Å²) in [5, 5.41) is 19.5. The molecule has 0 spiro atoms. The highest BCUT2D eigenvalue weighted by atomic mass is 32.1. The second kappa shape index (κ2) is 10.2. The monoisotopic (exact) mass is 422 g/mol. The van der Waals surface area contributed by atoms with Crippen molar-refractivity contribution in [3.05, 3.63) is 82.7 Å². The fourth-order valence-corrected chi connectivity index (χ4v) is 4.76. The normalized spacial score (nSPS) is 13.0. The molecule has 2 atom stereocenters. The van der Waals surface area contributed by atoms with Crippen LogP contribution < -0.4 is 0 Å². The maximum absolute atomic E-state index is 11.9. The van der Waals surface area contributed by atoms with Crippen molar-refractivity contribution in [2.24, 2.45) is 11.8 Å². The molecular weight excluding hydrogens is 396 g/mol. The van der Waals surface area contributed by atoms with Crippen LogP contribution in [-0.2, 0) is 28.9 Å². The molecule has 0 saturated carbocycles. The number of hydrogen-bond donors (Lipinski definition) is 2. The molecule has 2 N–H and O–H groups in total. The fourth-order valence-electron chi connectivity index (χ4n) is 3.64. The molecule has 30 heavy (non-hydrogen) atoms. The maximum atomic E-state index is 11.9. The number of carboxylic acid groups (broad SMARTS) is 2. The highest BCUT2D eigenvalue weighted by Crippen LogP contribution is 2.30. The van der Waals surface area contributed by atoms with E-state index in [1.165, 1.54) is 9.75 Å². The molecular formula is C25H26O4S. The Morgan fingerprint density at radius 2 is 1.37 bits per heavy atom. The highest BCUT2D eigenvalue weighted by Gasteiger charge is 2.34. The van der Waals surface area contributed by atoms with Crippen LogP contribution in [0.2, 0.25) is 0 Å². The Balaban J connectivity index is 1.76. The summed E-state index contributed by atoms with van der Waals surface area (Å²) in [5.74, 6) is -4.14. The second-order valence-electron chi connectivity index (χ2n) is 7.50. The van der Waals surface area contributed by atoms with Crippen LogP contribution in [0.15, 0.2) is 66.7 Å². The fraction of sp³-hybridized carbons (Fsp3) is 0.280. The minimum atomic E-state index is -1.08. The van der Waals surface area contributed by atoms with Crippen LogP contribution in [0.4, 0.5) is 0 Å². The SMILES string of the molecule is CCCc1ccc(-c2ccc(C[C@H](C(=O)O)[C@H](Cc3ccccc3)C(=O)O)cc2)s1. The van der Waals surface area contributed by atoms with Gasteiger partial charge < -0.3 is 10.2 Å². The number of aryl methyl sites for hydroxylation is 1. The molecule has 1 heterocycles. The number of hydrogen-bond acceptors (Lipinski definition) is 3. The van der Waals surface area contributed by atoms with E-state index < -0.39 is 23.8 Å². The molecule has 156 valence electrons. The minimum absolute atomic E-state index is 0.185. The number of aliphatic carboxylic acids is 2. The van der Waals surface area contributed by atoms with Gasteiger partial charge in [0.25, 0.3) is 0 Å². The van der Waals surface area contributed by atoms with Gasteiger partial charge in [0, 0.05) is 9.75 Å². The van der Waals surface area contributed by atoms with Crippen LogP contribution in [0.5, 0.6) is 0 Å². The molecule has 0 amide bonds. The summed E-state index contributed by atoms with van der Waals surface area (Å²) in [6.07, 6.45) is 2.57. The van der Waals surface area contributed by atoms with Crippen molar-refractivity contribution in [3.63, 3.8) is 0 Å². The molecule has 0 bridgehead atoms. The topological polar surface area (TPSA) is 74.6 Å². The Labute approximate surface area is 180 Å². The molecule has 0 aliphatic rings. The molecule has 5 heteroatoms. The third-order valence-corrected chi connectivity index (χ3v) is 6.46. The molecule has 4 nitrogen and oxygen atoms in total. The second-order valence-corrected chi connectivity index (χ2v) is 8.66. The summed E-state index contributed by atoms with van der Waals surface area (Å²) in [6, 6.07) is 21.2. The zero-order valence-corrected chi connectivity index (χ0v) is 17.8. The summed E-state index contributed by atoms with van der Waals surface area (Å²) in [5.41, 5.74) is 2.75. The van der Waals surface area contributed by atoms with E-state index >= 15 is 0 Å². The number of thiophene rings is 1. The van der Waals surface area contributed by atoms with Gasteiger partial charge in [-0.1, -0.05) is 67.9 Å². The number of carbonyl (C=O) groups is 2. The molecule has 0 saturated heterocycles. The molecule has 3 rings (SSSR count). The van der Waals surface area contributed by atoms with Gasteiger partial charge in [-0.05, 0) is 48.1 Å². The number of carboxylic acids is 2. The van der Waals surface area contributed by atoms with E-state index in [9.17, 15) is 19.8 Å². The van der Waals surface area contributed by atoms with Crippen molar-refractivity contribution < 1.29 is 19.8 Å². The van der Waals surface area contributed by atoms with Crippen molar-refractivity contribution in [2.75, 3.05) is 0 Å². The summed E-state index contributed by atoms with van der Waals surface area (Å²) in [7, 11) is 0. The average molecular weight is 423 g/mol. The molecule has 0 aliphatic heterocycles. The predicted molar refractivity (Wildman–Crippen MR) is 120 cm³/mol. The van der Waals surface area contributed by atoms with Crippen molar-refractivity contribution in [3.8, 4) is 10.4 Å². The lowest BCUT2D eigenvalue weighted by atomic mass is 9.82. The van der Waals surface area contributed by atoms with Crippen molar-refractivity contribution in [2.45, 2.75) is 32.6 Å². The van der Waals surface area contributed by atoms with Crippen molar-refractivity contribution >= 4 is 23.3 Å². The van der Waals surface area contributed by atoms with Gasteiger partial charge in [-0.2, -0.15) is 0 Å². The molecule has 1 aromatic heterocycles. The van der Waals surface area contributed by atoms with E-state index in [1.807, 2.05) is 54.6 Å². The Kier molecular flexibility index (Phi) is 7.41. The van der Waals surface area contributed by atoms with E-state index in [2.05, 4.69) is 19.1 Å². The first-order valence-electron chi connectivity index (χ1n) is 10.2. The summed E-state index contributed by atoms with van der Waals surface area (Å²) in [4.78, 5) is 26.3. The van der Waals surface area contributed by atoms with Crippen LogP contribution in [0.25, 0.3) is 10.4 Å². The smallest absolute Gasteiger partial charge is 0.307 e. The standard InChI is InChI=1S/C25H26O4S/c1-2-6-20-13-14-23(30-20)19-11-9-18(10-12-19)16-22(25(28)29)21(24(26)27)15-17-7-4-3-5-8-17/h3-5,7-14,21-22H,2,6,15-16H2,1H3,(H,26,27)(H,28,29)/t21-,22-/m0/s1. The Bertz CT molecular complexity index is 976. The zero-order valence-electron chi connectivity index (χ0n) is 17.0. The molecule has 0 radical (unpaired) electrons. The Morgan fingerprint density at radius 3 is 1.90 bits per heavy atom. The van der Waals surface area contributed by atoms with Gasteiger partial charge in [-0.25, -0.2) is 0 Å². The van der Waals surface area contributed by atoms with E-state index in [0.717, 1.165) is 29.5 Å². The van der Waals surface area contributed by atoms with E-state index in [4.69, 9.17) is 0 Å². The molecule has 2 aromatic carbocycles.